The van der Waals surface area contributed by atoms with Gasteiger partial charge in [0.2, 0.25) is 5.91 Å². The SMILES string of the molecule is CC1=NC(C)=C(C(=O)N(c2ccc(C(C)(C)C)cc2)C(C(=O)N[C@@H]2c3ccccc3C[C@@H]2O)c2cccnc2)C1. The van der Waals surface area contributed by atoms with E-state index in [1.807, 2.05) is 62.4 Å². The van der Waals surface area contributed by atoms with Gasteiger partial charge in [0.05, 0.1) is 12.1 Å². The molecule has 0 saturated heterocycles. The van der Waals surface area contributed by atoms with Crippen LogP contribution in [0.15, 0.2) is 89.3 Å². The second-order valence-electron chi connectivity index (χ2n) is 11.7. The number of amides is 2. The monoisotopic (exact) mass is 536 g/mol. The van der Waals surface area contributed by atoms with E-state index in [9.17, 15) is 14.7 Å². The minimum atomic E-state index is -1.03. The lowest BCUT2D eigenvalue weighted by molar-refractivity contribution is -0.126. The minimum Gasteiger partial charge on any atom is -0.390 e. The largest absolute Gasteiger partial charge is 0.390 e. The number of nitrogens with one attached hydrogen (secondary N) is 1. The van der Waals surface area contributed by atoms with Crippen molar-refractivity contribution in [1.82, 2.24) is 10.3 Å². The van der Waals surface area contributed by atoms with Crippen molar-refractivity contribution in [3.05, 3.63) is 107 Å². The number of benzene rings is 2. The number of carbonyl (C=O) groups excluding carboxylic acids is 2. The van der Waals surface area contributed by atoms with E-state index in [1.165, 1.54) is 0 Å². The molecule has 3 atom stereocenters. The van der Waals surface area contributed by atoms with Gasteiger partial charge < -0.3 is 10.4 Å². The molecule has 0 radical (unpaired) electrons. The number of pyridine rings is 1. The summed E-state index contributed by atoms with van der Waals surface area (Å²) < 4.78 is 0. The number of hydrogen-bond acceptors (Lipinski definition) is 5. The number of allylic oxidation sites excluding steroid dienone is 1. The fourth-order valence-electron chi connectivity index (χ4n) is 5.59. The molecule has 3 aromatic rings. The fraction of sp³-hybridized carbons (Fsp3) is 0.333. The van der Waals surface area contributed by atoms with Gasteiger partial charge in [-0.15, -0.1) is 0 Å². The van der Waals surface area contributed by atoms with Crippen LogP contribution in [-0.4, -0.2) is 33.7 Å². The van der Waals surface area contributed by atoms with Crippen LogP contribution in [0, 0.1) is 0 Å². The van der Waals surface area contributed by atoms with Crippen molar-refractivity contribution in [2.75, 3.05) is 4.90 Å². The maximum atomic E-state index is 14.3. The fourth-order valence-corrected chi connectivity index (χ4v) is 5.59. The molecule has 0 bridgehead atoms. The average Bonchev–Trinajstić information content (AvgIpc) is 3.43. The lowest BCUT2D eigenvalue weighted by atomic mass is 9.87. The third kappa shape index (κ3) is 5.34. The van der Waals surface area contributed by atoms with Crippen molar-refractivity contribution >= 4 is 23.2 Å². The molecule has 206 valence electrons. The Kier molecular flexibility index (Phi) is 7.43. The number of hydrogen-bond donors (Lipinski definition) is 2. The number of aliphatic hydroxyl groups is 1. The Balaban J connectivity index is 1.60. The van der Waals surface area contributed by atoms with E-state index in [-0.39, 0.29) is 11.3 Å². The van der Waals surface area contributed by atoms with Crippen LogP contribution in [0.3, 0.4) is 0 Å². The van der Waals surface area contributed by atoms with Crippen LogP contribution in [0.4, 0.5) is 5.69 Å². The molecule has 0 spiro atoms. The van der Waals surface area contributed by atoms with E-state index in [0.717, 1.165) is 22.4 Å². The first-order valence-electron chi connectivity index (χ1n) is 13.7. The van der Waals surface area contributed by atoms with Crippen LogP contribution in [0.25, 0.3) is 0 Å². The summed E-state index contributed by atoms with van der Waals surface area (Å²) in [5.74, 6) is -0.672. The second-order valence-corrected chi connectivity index (χ2v) is 11.7. The van der Waals surface area contributed by atoms with Gasteiger partial charge in [-0.05, 0) is 54.2 Å². The molecule has 2 aliphatic rings. The van der Waals surface area contributed by atoms with Gasteiger partial charge in [-0.25, -0.2) is 0 Å². The zero-order valence-electron chi connectivity index (χ0n) is 23.7. The van der Waals surface area contributed by atoms with Crippen molar-refractivity contribution in [2.45, 2.75) is 71.1 Å². The van der Waals surface area contributed by atoms with Crippen LogP contribution >= 0.6 is 0 Å². The molecule has 2 N–H and O–H groups in total. The van der Waals surface area contributed by atoms with E-state index in [1.54, 1.807) is 29.4 Å². The number of carbonyl (C=O) groups is 2. The highest BCUT2D eigenvalue weighted by Gasteiger charge is 2.39. The third-order valence-corrected chi connectivity index (χ3v) is 7.72. The predicted molar refractivity (Wildman–Crippen MR) is 157 cm³/mol. The lowest BCUT2D eigenvalue weighted by Gasteiger charge is -2.33. The van der Waals surface area contributed by atoms with Crippen molar-refractivity contribution in [1.29, 1.82) is 0 Å². The molecule has 0 fully saturated rings. The quantitative estimate of drug-likeness (QED) is 0.443. The number of aromatic nitrogens is 1. The lowest BCUT2D eigenvalue weighted by Crippen LogP contribution is -2.46. The number of aliphatic hydroxyl groups excluding tert-OH is 1. The molecular formula is C33H36N4O3. The Morgan fingerprint density at radius 2 is 1.75 bits per heavy atom. The second kappa shape index (κ2) is 10.8. The average molecular weight is 537 g/mol. The Labute approximate surface area is 235 Å². The van der Waals surface area contributed by atoms with E-state index in [2.05, 4.69) is 36.1 Å². The van der Waals surface area contributed by atoms with Crippen molar-refractivity contribution in [3.8, 4) is 0 Å². The summed E-state index contributed by atoms with van der Waals surface area (Å²) >= 11 is 0. The number of fused-ring (bicyclic) bond motifs is 1. The molecule has 2 heterocycles. The van der Waals surface area contributed by atoms with Gasteiger partial charge in [0.25, 0.3) is 5.91 Å². The summed E-state index contributed by atoms with van der Waals surface area (Å²) in [6.45, 7) is 10.1. The smallest absolute Gasteiger partial charge is 0.257 e. The normalized spacial score (nSPS) is 19.2. The molecule has 2 aromatic carbocycles. The maximum absolute atomic E-state index is 14.3. The summed E-state index contributed by atoms with van der Waals surface area (Å²) in [6, 6.07) is 17.5. The van der Waals surface area contributed by atoms with Crippen LogP contribution in [0.2, 0.25) is 0 Å². The van der Waals surface area contributed by atoms with Gasteiger partial charge in [-0.3, -0.25) is 24.5 Å². The van der Waals surface area contributed by atoms with E-state index in [0.29, 0.717) is 35.4 Å². The highest BCUT2D eigenvalue weighted by atomic mass is 16.3. The summed E-state index contributed by atoms with van der Waals surface area (Å²) in [7, 11) is 0. The topological polar surface area (TPSA) is 94.9 Å². The van der Waals surface area contributed by atoms with Gasteiger partial charge in [0, 0.05) is 53.5 Å². The molecule has 1 aliphatic heterocycles. The zero-order chi connectivity index (χ0) is 28.6. The summed E-state index contributed by atoms with van der Waals surface area (Å²) in [6.07, 6.45) is 3.38. The first kappa shape index (κ1) is 27.5. The number of nitrogens with zero attached hydrogens (tertiary/aromatic N) is 3. The maximum Gasteiger partial charge on any atom is 0.257 e. The van der Waals surface area contributed by atoms with Gasteiger partial charge in [-0.2, -0.15) is 0 Å². The number of rotatable bonds is 6. The highest BCUT2D eigenvalue weighted by molar-refractivity contribution is 6.13. The molecule has 2 amide bonds. The van der Waals surface area contributed by atoms with E-state index in [4.69, 9.17) is 0 Å². The Morgan fingerprint density at radius 3 is 2.38 bits per heavy atom. The Hall–Kier alpha value is -4.10. The molecule has 7 nitrogen and oxygen atoms in total. The van der Waals surface area contributed by atoms with E-state index < -0.39 is 24.1 Å². The molecule has 7 heteroatoms. The summed E-state index contributed by atoms with van der Waals surface area (Å²) in [5, 5.41) is 14.0. The van der Waals surface area contributed by atoms with E-state index >= 15 is 0 Å². The molecule has 0 saturated carbocycles. The predicted octanol–water partition coefficient (Wildman–Crippen LogP) is 5.37. The molecule has 40 heavy (non-hydrogen) atoms. The first-order valence-corrected chi connectivity index (χ1v) is 13.7. The molecule has 1 unspecified atom stereocenters. The Bertz CT molecular complexity index is 1490. The summed E-state index contributed by atoms with van der Waals surface area (Å²) in [5.41, 5.74) is 6.18. The number of anilines is 1. The molecule has 1 aliphatic carbocycles. The van der Waals surface area contributed by atoms with Crippen LogP contribution in [-0.2, 0) is 21.4 Å². The number of aliphatic imine (C=N–C) groups is 1. The van der Waals surface area contributed by atoms with Crippen LogP contribution < -0.4 is 10.2 Å². The van der Waals surface area contributed by atoms with Crippen molar-refractivity contribution in [2.24, 2.45) is 4.99 Å². The molecular weight excluding hydrogens is 500 g/mol. The summed E-state index contributed by atoms with van der Waals surface area (Å²) in [4.78, 5) is 39.0. The Morgan fingerprint density at radius 1 is 1.02 bits per heavy atom. The van der Waals surface area contributed by atoms with Crippen molar-refractivity contribution in [3.63, 3.8) is 0 Å². The van der Waals surface area contributed by atoms with Crippen LogP contribution in [0.1, 0.15) is 75.4 Å². The van der Waals surface area contributed by atoms with Gasteiger partial charge >= 0.3 is 0 Å². The molecule has 5 rings (SSSR count). The molecule has 1 aromatic heterocycles. The van der Waals surface area contributed by atoms with Gasteiger partial charge in [0.1, 0.15) is 6.04 Å². The third-order valence-electron chi connectivity index (χ3n) is 7.72. The van der Waals surface area contributed by atoms with Gasteiger partial charge in [0.15, 0.2) is 0 Å². The standard InChI is InChI=1S/C33H36N4O3/c1-20-17-27(21(2)35-20)32(40)37(25-14-12-24(13-15-25)33(3,4)5)30(23-10-8-16-34-19-23)31(39)36-29-26-11-7-6-9-22(26)18-28(29)38/h6-16,19,28-30,38H,17-18H2,1-5H3,(H,36,39)/t28-,29+,30?/m0/s1. The minimum absolute atomic E-state index is 0.0744. The highest BCUT2D eigenvalue weighted by Crippen LogP contribution is 2.36. The zero-order valence-corrected chi connectivity index (χ0v) is 23.7. The van der Waals surface area contributed by atoms with Gasteiger partial charge in [-0.1, -0.05) is 63.2 Å². The first-order chi connectivity index (χ1) is 19.0. The van der Waals surface area contributed by atoms with Crippen molar-refractivity contribution < 1.29 is 14.7 Å². The van der Waals surface area contributed by atoms with Crippen LogP contribution in [0.5, 0.6) is 0 Å².